The van der Waals surface area contributed by atoms with Crippen molar-refractivity contribution in [1.82, 2.24) is 20.5 Å². The number of ether oxygens (including phenoxy) is 1. The Labute approximate surface area is 178 Å². The number of aromatic nitrogens is 1. The van der Waals surface area contributed by atoms with Crippen LogP contribution in [0.25, 0.3) is 10.9 Å². The van der Waals surface area contributed by atoms with Gasteiger partial charge in [-0.15, -0.1) is 0 Å². The van der Waals surface area contributed by atoms with Gasteiger partial charge < -0.3 is 25.3 Å². The highest BCUT2D eigenvalue weighted by atomic mass is 16.5. The molecule has 164 valence electrons. The van der Waals surface area contributed by atoms with Gasteiger partial charge in [-0.1, -0.05) is 18.2 Å². The number of hydrogen-bond acceptors (Lipinski definition) is 3. The standard InChI is InChI=1S/C23H34N4O3/c1-3-30-16-6-12-24-22(28)18-10-14-27(15-11-18)23(29)25-13-9-19-17(2)26-21-8-5-4-7-20(19)21/h4-5,7-8,18,26H,3,6,9-16H2,1-2H3,(H,24,28)(H,25,29). The lowest BCUT2D eigenvalue weighted by Gasteiger charge is -2.31. The van der Waals surface area contributed by atoms with Gasteiger partial charge in [-0.25, -0.2) is 4.79 Å². The first-order valence-corrected chi connectivity index (χ1v) is 11.0. The van der Waals surface area contributed by atoms with E-state index in [1.807, 2.05) is 24.0 Å². The molecule has 0 atom stereocenters. The number of carbonyl (C=O) groups excluding carboxylic acids is 2. The number of benzene rings is 1. The lowest BCUT2D eigenvalue weighted by molar-refractivity contribution is -0.126. The van der Waals surface area contributed by atoms with Crippen molar-refractivity contribution in [3.8, 4) is 0 Å². The molecule has 2 heterocycles. The first-order valence-electron chi connectivity index (χ1n) is 11.0. The van der Waals surface area contributed by atoms with Crippen LogP contribution < -0.4 is 10.6 Å². The van der Waals surface area contributed by atoms with Crippen molar-refractivity contribution < 1.29 is 14.3 Å². The third-order valence-electron chi connectivity index (χ3n) is 5.80. The van der Waals surface area contributed by atoms with Gasteiger partial charge in [0.15, 0.2) is 0 Å². The fraction of sp³-hybridized carbons (Fsp3) is 0.565. The molecule has 1 aromatic heterocycles. The highest BCUT2D eigenvalue weighted by molar-refractivity contribution is 5.84. The molecule has 0 spiro atoms. The third kappa shape index (κ3) is 5.75. The predicted molar refractivity (Wildman–Crippen MR) is 119 cm³/mol. The van der Waals surface area contributed by atoms with Crippen molar-refractivity contribution in [3.05, 3.63) is 35.5 Å². The monoisotopic (exact) mass is 414 g/mol. The average Bonchev–Trinajstić information content (AvgIpc) is 3.08. The number of fused-ring (bicyclic) bond motifs is 1. The van der Waals surface area contributed by atoms with Gasteiger partial charge >= 0.3 is 6.03 Å². The smallest absolute Gasteiger partial charge is 0.317 e. The van der Waals surface area contributed by atoms with E-state index in [1.165, 1.54) is 10.9 Å². The Bertz CT molecular complexity index is 840. The molecule has 0 radical (unpaired) electrons. The van der Waals surface area contributed by atoms with Gasteiger partial charge in [-0.3, -0.25) is 4.79 Å². The van der Waals surface area contributed by atoms with Gasteiger partial charge in [0.25, 0.3) is 0 Å². The van der Waals surface area contributed by atoms with Gasteiger partial charge in [0, 0.05) is 61.9 Å². The van der Waals surface area contributed by atoms with Crippen molar-refractivity contribution in [2.75, 3.05) is 39.4 Å². The van der Waals surface area contributed by atoms with Crippen LogP contribution in [0.5, 0.6) is 0 Å². The molecule has 7 nitrogen and oxygen atoms in total. The number of aromatic amines is 1. The summed E-state index contributed by atoms with van der Waals surface area (Å²) in [5.74, 6) is 0.0939. The minimum absolute atomic E-state index is 0.00462. The number of aryl methyl sites for hydroxylation is 1. The molecule has 30 heavy (non-hydrogen) atoms. The van der Waals surface area contributed by atoms with Crippen molar-refractivity contribution in [1.29, 1.82) is 0 Å². The third-order valence-corrected chi connectivity index (χ3v) is 5.80. The number of nitrogens with zero attached hydrogens (tertiary/aromatic N) is 1. The van der Waals surface area contributed by atoms with E-state index in [0.717, 1.165) is 24.1 Å². The van der Waals surface area contributed by atoms with Crippen molar-refractivity contribution in [2.24, 2.45) is 5.92 Å². The maximum absolute atomic E-state index is 12.5. The van der Waals surface area contributed by atoms with Crippen LogP contribution in [-0.2, 0) is 16.0 Å². The Morgan fingerprint density at radius 3 is 2.70 bits per heavy atom. The van der Waals surface area contributed by atoms with Crippen LogP contribution in [0, 0.1) is 12.8 Å². The van der Waals surface area contributed by atoms with E-state index in [4.69, 9.17) is 4.74 Å². The number of para-hydroxylation sites is 1. The van der Waals surface area contributed by atoms with Gasteiger partial charge in [0.1, 0.15) is 0 Å². The number of amides is 3. The van der Waals surface area contributed by atoms with E-state index in [9.17, 15) is 9.59 Å². The van der Waals surface area contributed by atoms with Crippen LogP contribution in [0.4, 0.5) is 4.79 Å². The molecule has 1 saturated heterocycles. The molecule has 2 aromatic rings. The lowest BCUT2D eigenvalue weighted by atomic mass is 9.96. The Morgan fingerprint density at radius 2 is 1.93 bits per heavy atom. The molecule has 7 heteroatoms. The molecule has 3 N–H and O–H groups in total. The topological polar surface area (TPSA) is 86.5 Å². The zero-order valence-electron chi connectivity index (χ0n) is 18.1. The van der Waals surface area contributed by atoms with E-state index in [0.29, 0.717) is 52.2 Å². The van der Waals surface area contributed by atoms with E-state index in [1.54, 1.807) is 0 Å². The molecule has 1 aromatic carbocycles. The molecule has 1 fully saturated rings. The first kappa shape index (κ1) is 22.2. The summed E-state index contributed by atoms with van der Waals surface area (Å²) in [6, 6.07) is 8.21. The van der Waals surface area contributed by atoms with Crippen LogP contribution in [0.15, 0.2) is 24.3 Å². The van der Waals surface area contributed by atoms with Gasteiger partial charge in [0.2, 0.25) is 5.91 Å². The minimum Gasteiger partial charge on any atom is -0.382 e. The van der Waals surface area contributed by atoms with Crippen LogP contribution in [-0.4, -0.2) is 61.2 Å². The van der Waals surface area contributed by atoms with E-state index >= 15 is 0 Å². The van der Waals surface area contributed by atoms with E-state index in [2.05, 4.69) is 34.7 Å². The minimum atomic E-state index is -0.0388. The highest BCUT2D eigenvalue weighted by Gasteiger charge is 2.27. The Morgan fingerprint density at radius 1 is 1.17 bits per heavy atom. The van der Waals surface area contributed by atoms with E-state index in [-0.39, 0.29) is 17.9 Å². The summed E-state index contributed by atoms with van der Waals surface area (Å²) < 4.78 is 5.28. The summed E-state index contributed by atoms with van der Waals surface area (Å²) in [5.41, 5.74) is 3.54. The molecule has 1 aliphatic heterocycles. The van der Waals surface area contributed by atoms with Crippen molar-refractivity contribution >= 4 is 22.8 Å². The van der Waals surface area contributed by atoms with Crippen molar-refractivity contribution in [3.63, 3.8) is 0 Å². The van der Waals surface area contributed by atoms with E-state index < -0.39 is 0 Å². The summed E-state index contributed by atoms with van der Waals surface area (Å²) in [7, 11) is 0. The van der Waals surface area contributed by atoms with Crippen molar-refractivity contribution in [2.45, 2.75) is 39.5 Å². The molecular formula is C23H34N4O3. The molecule has 3 rings (SSSR count). The van der Waals surface area contributed by atoms with Crippen LogP contribution in [0.1, 0.15) is 37.4 Å². The molecule has 1 aliphatic rings. The summed E-state index contributed by atoms with van der Waals surface area (Å²) in [5, 5.41) is 7.24. The Hall–Kier alpha value is -2.54. The molecule has 0 saturated carbocycles. The van der Waals surface area contributed by atoms with Crippen LogP contribution >= 0.6 is 0 Å². The van der Waals surface area contributed by atoms with Gasteiger partial charge in [-0.2, -0.15) is 0 Å². The fourth-order valence-electron chi connectivity index (χ4n) is 4.08. The molecule has 0 aliphatic carbocycles. The molecule has 0 unspecified atom stereocenters. The SMILES string of the molecule is CCOCCCNC(=O)C1CCN(C(=O)NCCc2c(C)[nH]c3ccccc23)CC1. The second kappa shape index (κ2) is 11.0. The van der Waals surface area contributed by atoms with Gasteiger partial charge in [0.05, 0.1) is 0 Å². The Balaban J connectivity index is 1.37. The Kier molecular flexibility index (Phi) is 8.13. The number of nitrogens with one attached hydrogen (secondary N) is 3. The molecule has 0 bridgehead atoms. The van der Waals surface area contributed by atoms with Crippen LogP contribution in [0.3, 0.4) is 0 Å². The summed E-state index contributed by atoms with van der Waals surface area (Å²) in [6.45, 7) is 7.90. The normalized spacial score (nSPS) is 14.8. The van der Waals surface area contributed by atoms with Gasteiger partial charge in [-0.05, 0) is 51.2 Å². The number of likely N-dealkylation sites (tertiary alicyclic amines) is 1. The number of hydrogen-bond donors (Lipinski definition) is 3. The fourth-order valence-corrected chi connectivity index (χ4v) is 4.08. The maximum atomic E-state index is 12.5. The first-order chi connectivity index (χ1) is 14.6. The lowest BCUT2D eigenvalue weighted by Crippen LogP contribution is -2.47. The molecule has 3 amide bonds. The zero-order valence-corrected chi connectivity index (χ0v) is 18.1. The highest BCUT2D eigenvalue weighted by Crippen LogP contribution is 2.22. The summed E-state index contributed by atoms with van der Waals surface area (Å²) in [6.07, 6.45) is 3.05. The second-order valence-electron chi connectivity index (χ2n) is 7.86. The summed E-state index contributed by atoms with van der Waals surface area (Å²) in [4.78, 5) is 30.0. The summed E-state index contributed by atoms with van der Waals surface area (Å²) >= 11 is 0. The average molecular weight is 415 g/mol. The zero-order chi connectivity index (χ0) is 21.3. The number of H-pyrrole nitrogens is 1. The number of carbonyl (C=O) groups is 2. The quantitative estimate of drug-likeness (QED) is 0.552. The molecular weight excluding hydrogens is 380 g/mol. The number of urea groups is 1. The van der Waals surface area contributed by atoms with Crippen LogP contribution in [0.2, 0.25) is 0 Å². The predicted octanol–water partition coefficient (Wildman–Crippen LogP) is 2.98. The largest absolute Gasteiger partial charge is 0.382 e. The maximum Gasteiger partial charge on any atom is 0.317 e. The second-order valence-corrected chi connectivity index (χ2v) is 7.86. The number of piperidine rings is 1. The number of rotatable bonds is 9.